The monoisotopic (exact) mass is 230 g/mol. The van der Waals surface area contributed by atoms with Crippen LogP contribution in [0.4, 0.5) is 4.39 Å². The number of hydrogen-bond donors (Lipinski definition) is 0. The molecule has 1 rings (SSSR count). The van der Waals surface area contributed by atoms with Gasteiger partial charge in [-0.25, -0.2) is 12.8 Å². The minimum absolute atomic E-state index is 0.132. The van der Waals surface area contributed by atoms with Crippen molar-refractivity contribution < 1.29 is 17.6 Å². The number of hydrogen-bond acceptors (Lipinski definition) is 3. The molecule has 5 heteroatoms. The van der Waals surface area contributed by atoms with Crippen molar-refractivity contribution in [1.29, 1.82) is 0 Å². The van der Waals surface area contributed by atoms with Gasteiger partial charge in [0.2, 0.25) is 9.84 Å². The van der Waals surface area contributed by atoms with Crippen LogP contribution >= 0.6 is 0 Å². The van der Waals surface area contributed by atoms with E-state index in [2.05, 4.69) is 0 Å². The number of ketones is 1. The van der Waals surface area contributed by atoms with E-state index >= 15 is 0 Å². The van der Waals surface area contributed by atoms with Crippen molar-refractivity contribution in [2.45, 2.75) is 23.7 Å². The number of Topliss-reactive ketones (excluding diaryl/α,β-unsaturated/α-hetero) is 1. The minimum atomic E-state index is -4.17. The van der Waals surface area contributed by atoms with Crippen molar-refractivity contribution in [3.8, 4) is 0 Å². The zero-order valence-electron chi connectivity index (χ0n) is 8.18. The van der Waals surface area contributed by atoms with Crippen LogP contribution in [0.5, 0.6) is 0 Å². The lowest BCUT2D eigenvalue weighted by atomic mass is 10.3. The number of rotatable bonds is 4. The molecule has 0 radical (unpaired) electrons. The van der Waals surface area contributed by atoms with Crippen molar-refractivity contribution in [2.24, 2.45) is 0 Å². The molecule has 0 bridgehead atoms. The topological polar surface area (TPSA) is 51.2 Å². The zero-order valence-corrected chi connectivity index (χ0v) is 9.00. The number of carbonyl (C=O) groups excluding carboxylic acids is 1. The molecule has 0 amide bonds. The summed E-state index contributed by atoms with van der Waals surface area (Å²) in [5.74, 6) is -0.918. The molecule has 0 N–H and O–H groups in total. The number of carbonyl (C=O) groups is 1. The first-order chi connectivity index (χ1) is 7.00. The Hall–Kier alpha value is -1.23. The fourth-order valence-corrected chi connectivity index (χ4v) is 2.35. The number of sulfone groups is 1. The Balaban J connectivity index is 3.09. The molecular weight excluding hydrogens is 219 g/mol. The van der Waals surface area contributed by atoms with Gasteiger partial charge in [0.25, 0.3) is 5.50 Å². The highest BCUT2D eigenvalue weighted by Gasteiger charge is 2.32. The van der Waals surface area contributed by atoms with Crippen LogP contribution in [0.2, 0.25) is 0 Å². The molecule has 0 aliphatic carbocycles. The highest BCUT2D eigenvalue weighted by atomic mass is 32.2. The molecule has 1 aromatic carbocycles. The summed E-state index contributed by atoms with van der Waals surface area (Å²) in [6.07, 6.45) is -0.132. The van der Waals surface area contributed by atoms with Crippen LogP contribution in [-0.2, 0) is 14.6 Å². The molecule has 0 fully saturated rings. The third kappa shape index (κ3) is 2.41. The Morgan fingerprint density at radius 2 is 1.87 bits per heavy atom. The standard InChI is InChI=1S/C10H11FO3S/c1-2-9(12)10(11)15(13,14)8-6-4-3-5-7-8/h3-7,10H,2H2,1H3. The maximum absolute atomic E-state index is 13.3. The Kier molecular flexibility index (Phi) is 3.57. The molecule has 0 saturated heterocycles. The second kappa shape index (κ2) is 4.53. The summed E-state index contributed by atoms with van der Waals surface area (Å²) in [7, 11) is -4.17. The van der Waals surface area contributed by atoms with Crippen molar-refractivity contribution in [3.63, 3.8) is 0 Å². The summed E-state index contributed by atoms with van der Waals surface area (Å²) in [5.41, 5.74) is -2.45. The Morgan fingerprint density at radius 3 is 2.33 bits per heavy atom. The lowest BCUT2D eigenvalue weighted by Gasteiger charge is -2.07. The predicted octanol–water partition coefficient (Wildman–Crippen LogP) is 1.74. The van der Waals surface area contributed by atoms with Crippen LogP contribution in [0.1, 0.15) is 13.3 Å². The molecule has 0 aromatic heterocycles. The second-order valence-corrected chi connectivity index (χ2v) is 4.97. The van der Waals surface area contributed by atoms with Crippen molar-refractivity contribution in [3.05, 3.63) is 30.3 Å². The maximum atomic E-state index is 13.3. The van der Waals surface area contributed by atoms with E-state index in [0.29, 0.717) is 0 Å². The lowest BCUT2D eigenvalue weighted by Crippen LogP contribution is -2.25. The van der Waals surface area contributed by atoms with Crippen LogP contribution in [0.15, 0.2) is 35.2 Å². The normalized spacial score (nSPS) is 13.5. The smallest absolute Gasteiger partial charge is 0.262 e. The van der Waals surface area contributed by atoms with E-state index < -0.39 is 21.1 Å². The molecule has 1 atom stereocenters. The largest absolute Gasteiger partial charge is 0.295 e. The molecule has 0 heterocycles. The average molecular weight is 230 g/mol. The van der Waals surface area contributed by atoms with Gasteiger partial charge in [0.1, 0.15) is 0 Å². The number of halogens is 1. The minimum Gasteiger partial charge on any atom is -0.295 e. The second-order valence-electron chi connectivity index (χ2n) is 2.99. The molecular formula is C10H11FO3S. The first-order valence-corrected chi connectivity index (χ1v) is 6.00. The van der Waals surface area contributed by atoms with Crippen LogP contribution in [0.25, 0.3) is 0 Å². The van der Waals surface area contributed by atoms with Gasteiger partial charge in [-0.1, -0.05) is 25.1 Å². The van der Waals surface area contributed by atoms with Gasteiger partial charge in [-0.3, -0.25) is 4.79 Å². The molecule has 0 saturated carbocycles. The summed E-state index contributed by atoms with van der Waals surface area (Å²) in [4.78, 5) is 10.8. The van der Waals surface area contributed by atoms with Gasteiger partial charge in [-0.05, 0) is 12.1 Å². The van der Waals surface area contributed by atoms with Gasteiger partial charge in [0.15, 0.2) is 5.78 Å². The first-order valence-electron chi connectivity index (χ1n) is 4.46. The summed E-state index contributed by atoms with van der Waals surface area (Å²) >= 11 is 0. The summed E-state index contributed by atoms with van der Waals surface area (Å²) in [6, 6.07) is 7.12. The van der Waals surface area contributed by atoms with E-state index in [0.717, 1.165) is 0 Å². The highest BCUT2D eigenvalue weighted by Crippen LogP contribution is 2.18. The molecule has 1 aromatic rings. The third-order valence-electron chi connectivity index (χ3n) is 1.95. The van der Waals surface area contributed by atoms with E-state index in [1.54, 1.807) is 6.07 Å². The van der Waals surface area contributed by atoms with E-state index in [4.69, 9.17) is 0 Å². The van der Waals surface area contributed by atoms with E-state index in [1.165, 1.54) is 31.2 Å². The van der Waals surface area contributed by atoms with Crippen molar-refractivity contribution in [1.82, 2.24) is 0 Å². The van der Waals surface area contributed by atoms with Gasteiger partial charge in [-0.15, -0.1) is 0 Å². The molecule has 1 unspecified atom stereocenters. The van der Waals surface area contributed by atoms with E-state index in [9.17, 15) is 17.6 Å². The van der Waals surface area contributed by atoms with Gasteiger partial charge in [0.05, 0.1) is 4.90 Å². The fraction of sp³-hybridized carbons (Fsp3) is 0.300. The Labute approximate surface area is 87.8 Å². The third-order valence-corrected chi connectivity index (χ3v) is 3.68. The number of alkyl halides is 1. The van der Waals surface area contributed by atoms with Crippen LogP contribution in [0.3, 0.4) is 0 Å². The highest BCUT2D eigenvalue weighted by molar-refractivity contribution is 7.92. The Morgan fingerprint density at radius 1 is 1.33 bits per heavy atom. The quantitative estimate of drug-likeness (QED) is 0.791. The maximum Gasteiger partial charge on any atom is 0.262 e. The van der Waals surface area contributed by atoms with Gasteiger partial charge in [0, 0.05) is 6.42 Å². The van der Waals surface area contributed by atoms with E-state index in [1.807, 2.05) is 0 Å². The SMILES string of the molecule is CCC(=O)C(F)S(=O)(=O)c1ccccc1. The molecule has 3 nitrogen and oxygen atoms in total. The average Bonchev–Trinajstić information content (AvgIpc) is 2.28. The molecule has 82 valence electrons. The predicted molar refractivity (Wildman–Crippen MR) is 53.8 cm³/mol. The molecule has 0 aliphatic rings. The summed E-state index contributed by atoms with van der Waals surface area (Å²) < 4.78 is 36.4. The van der Waals surface area contributed by atoms with Crippen molar-refractivity contribution >= 4 is 15.6 Å². The zero-order chi connectivity index (χ0) is 11.5. The van der Waals surface area contributed by atoms with E-state index in [-0.39, 0.29) is 11.3 Å². The summed E-state index contributed by atoms with van der Waals surface area (Å²) in [6.45, 7) is 1.43. The summed E-state index contributed by atoms with van der Waals surface area (Å²) in [5, 5.41) is 0. The molecule has 15 heavy (non-hydrogen) atoms. The van der Waals surface area contributed by atoms with Crippen molar-refractivity contribution in [2.75, 3.05) is 0 Å². The molecule has 0 spiro atoms. The van der Waals surface area contributed by atoms with Crippen LogP contribution in [-0.4, -0.2) is 19.7 Å². The van der Waals surface area contributed by atoms with Crippen LogP contribution < -0.4 is 0 Å². The fourth-order valence-electron chi connectivity index (χ4n) is 1.06. The van der Waals surface area contributed by atoms with Gasteiger partial charge in [-0.2, -0.15) is 0 Å². The van der Waals surface area contributed by atoms with Gasteiger partial charge >= 0.3 is 0 Å². The Bertz CT molecular complexity index is 439. The molecule has 0 aliphatic heterocycles. The lowest BCUT2D eigenvalue weighted by molar-refractivity contribution is -0.120. The number of benzene rings is 1. The van der Waals surface area contributed by atoms with Crippen LogP contribution in [0, 0.1) is 0 Å². The first kappa shape index (κ1) is 11.8. The van der Waals surface area contributed by atoms with Gasteiger partial charge < -0.3 is 0 Å².